The molecule has 0 aliphatic heterocycles. The zero-order valence-electron chi connectivity index (χ0n) is 31.4. The molecule has 0 rings (SSSR count). The van der Waals surface area contributed by atoms with E-state index in [9.17, 15) is 24.2 Å². The summed E-state index contributed by atoms with van der Waals surface area (Å²) in [5.41, 5.74) is 0. The number of aliphatic hydroxyl groups excluding tert-OH is 2. The lowest BCUT2D eigenvalue weighted by Crippen LogP contribution is -2.29. The van der Waals surface area contributed by atoms with Crippen molar-refractivity contribution >= 4 is 19.8 Å². The van der Waals surface area contributed by atoms with Crippen LogP contribution in [0.3, 0.4) is 0 Å². The van der Waals surface area contributed by atoms with Gasteiger partial charge in [-0.1, -0.05) is 121 Å². The highest BCUT2D eigenvalue weighted by molar-refractivity contribution is 7.47. The summed E-state index contributed by atoms with van der Waals surface area (Å²) < 4.78 is 32.6. The lowest BCUT2D eigenvalue weighted by atomic mass is 10.1. The number of phosphoric acid groups is 1. The molecule has 0 aromatic heterocycles. The highest BCUT2D eigenvalue weighted by Crippen LogP contribution is 2.43. The third-order valence-corrected chi connectivity index (χ3v) is 9.00. The summed E-state index contributed by atoms with van der Waals surface area (Å²) in [6.45, 7) is 2.29. The Hall–Kier alpha value is -1.81. The van der Waals surface area contributed by atoms with Crippen LogP contribution in [-0.4, -0.2) is 65.7 Å². The Labute approximate surface area is 303 Å². The van der Waals surface area contributed by atoms with Crippen molar-refractivity contribution in [3.8, 4) is 0 Å². The number of hydrogen-bond donors (Lipinski definition) is 3. The minimum atomic E-state index is -4.62. The second kappa shape index (κ2) is 35.6. The molecule has 292 valence electrons. The van der Waals surface area contributed by atoms with Gasteiger partial charge in [-0.05, 0) is 64.2 Å². The predicted octanol–water partition coefficient (Wildman–Crippen LogP) is 9.61. The number of aliphatic hydroxyl groups is 2. The molecule has 0 saturated carbocycles. The molecule has 0 radical (unpaired) electrons. The van der Waals surface area contributed by atoms with Crippen molar-refractivity contribution in [1.29, 1.82) is 0 Å². The van der Waals surface area contributed by atoms with Gasteiger partial charge in [-0.2, -0.15) is 0 Å². The van der Waals surface area contributed by atoms with Crippen molar-refractivity contribution in [1.82, 2.24) is 0 Å². The maximum absolute atomic E-state index is 12.5. The van der Waals surface area contributed by atoms with Crippen LogP contribution in [0, 0.1) is 0 Å². The Morgan fingerprint density at radius 2 is 1.04 bits per heavy atom. The van der Waals surface area contributed by atoms with Crippen LogP contribution in [0.2, 0.25) is 0 Å². The minimum Gasteiger partial charge on any atom is -0.462 e. The molecule has 3 atom stereocenters. The van der Waals surface area contributed by atoms with Crippen LogP contribution in [0.25, 0.3) is 0 Å². The number of esters is 2. The van der Waals surface area contributed by atoms with E-state index in [1.807, 2.05) is 0 Å². The Bertz CT molecular complexity index is 936. The molecule has 11 heteroatoms. The molecule has 0 saturated heterocycles. The molecule has 0 spiro atoms. The van der Waals surface area contributed by atoms with Gasteiger partial charge in [-0.25, -0.2) is 4.57 Å². The van der Waals surface area contributed by atoms with Crippen molar-refractivity contribution in [3.63, 3.8) is 0 Å². The van der Waals surface area contributed by atoms with Gasteiger partial charge in [0.15, 0.2) is 6.10 Å². The zero-order chi connectivity index (χ0) is 37.0. The maximum Gasteiger partial charge on any atom is 0.472 e. The first-order valence-corrected chi connectivity index (χ1v) is 21.0. The highest BCUT2D eigenvalue weighted by atomic mass is 31.2. The maximum atomic E-state index is 12.5. The van der Waals surface area contributed by atoms with Crippen LogP contribution in [0.5, 0.6) is 0 Å². The number of hydrogen-bond acceptors (Lipinski definition) is 9. The van der Waals surface area contributed by atoms with Gasteiger partial charge in [0.05, 0.1) is 19.8 Å². The van der Waals surface area contributed by atoms with Crippen LogP contribution >= 0.6 is 7.82 Å². The van der Waals surface area contributed by atoms with E-state index >= 15 is 0 Å². The minimum absolute atomic E-state index is 0.165. The third kappa shape index (κ3) is 34.6. The third-order valence-electron chi connectivity index (χ3n) is 8.04. The summed E-state index contributed by atoms with van der Waals surface area (Å²) in [4.78, 5) is 34.8. The van der Waals surface area contributed by atoms with Gasteiger partial charge in [-0.15, -0.1) is 0 Å². The normalized spacial score (nSPS) is 14.4. The van der Waals surface area contributed by atoms with Crippen molar-refractivity contribution in [2.45, 2.75) is 174 Å². The summed E-state index contributed by atoms with van der Waals surface area (Å²) in [7, 11) is -4.62. The molecular weight excluding hydrogens is 659 g/mol. The summed E-state index contributed by atoms with van der Waals surface area (Å²) in [5.74, 6) is -0.955. The first kappa shape index (κ1) is 48.2. The number of allylic oxidation sites excluding steroid dienone is 6. The van der Waals surface area contributed by atoms with E-state index in [2.05, 4.69) is 54.8 Å². The molecule has 0 amide bonds. The fourth-order valence-corrected chi connectivity index (χ4v) is 5.77. The fraction of sp³-hybridized carbons (Fsp3) is 0.795. The molecule has 0 fully saturated rings. The van der Waals surface area contributed by atoms with Gasteiger partial charge in [0, 0.05) is 12.8 Å². The van der Waals surface area contributed by atoms with Gasteiger partial charge in [0.25, 0.3) is 0 Å². The number of carbonyl (C=O) groups excluding carboxylic acids is 2. The van der Waals surface area contributed by atoms with E-state index in [0.717, 1.165) is 77.0 Å². The molecule has 0 aliphatic rings. The monoisotopic (exact) mass is 730 g/mol. The number of unbranched alkanes of at least 4 members (excludes halogenated alkanes) is 17. The van der Waals surface area contributed by atoms with E-state index in [-0.39, 0.29) is 19.4 Å². The van der Waals surface area contributed by atoms with E-state index in [0.29, 0.717) is 12.8 Å². The van der Waals surface area contributed by atoms with Crippen molar-refractivity contribution in [2.75, 3.05) is 26.4 Å². The molecule has 1 unspecified atom stereocenters. The molecule has 0 aliphatic carbocycles. The summed E-state index contributed by atoms with van der Waals surface area (Å²) in [5, 5.41) is 18.3. The van der Waals surface area contributed by atoms with E-state index in [1.165, 1.54) is 44.9 Å². The Kier molecular flexibility index (Phi) is 34.3. The number of carbonyl (C=O) groups is 2. The van der Waals surface area contributed by atoms with Gasteiger partial charge < -0.3 is 24.6 Å². The highest BCUT2D eigenvalue weighted by Gasteiger charge is 2.27. The molecule has 0 bridgehead atoms. The largest absolute Gasteiger partial charge is 0.472 e. The Morgan fingerprint density at radius 3 is 1.60 bits per heavy atom. The van der Waals surface area contributed by atoms with Gasteiger partial charge in [0.1, 0.15) is 12.7 Å². The van der Waals surface area contributed by atoms with Crippen molar-refractivity contribution in [2.24, 2.45) is 0 Å². The van der Waals surface area contributed by atoms with E-state index < -0.39 is 51.8 Å². The van der Waals surface area contributed by atoms with Crippen LogP contribution < -0.4 is 0 Å². The van der Waals surface area contributed by atoms with Crippen molar-refractivity contribution in [3.05, 3.63) is 36.5 Å². The van der Waals surface area contributed by atoms with Gasteiger partial charge in [0.2, 0.25) is 0 Å². The predicted molar refractivity (Wildman–Crippen MR) is 201 cm³/mol. The smallest absolute Gasteiger partial charge is 0.462 e. The SMILES string of the molecule is CCCCC/C=C/CCCCCCCC(=O)OC[C@H](COP(=O)(O)OC[C@@H](O)CO)OC(=O)CCCCCCC/C=C/C=C/CCCCCC. The molecule has 10 nitrogen and oxygen atoms in total. The van der Waals surface area contributed by atoms with Crippen LogP contribution in [-0.2, 0) is 32.7 Å². The molecule has 3 N–H and O–H groups in total. The van der Waals surface area contributed by atoms with E-state index in [4.69, 9.17) is 19.1 Å². The first-order chi connectivity index (χ1) is 24.2. The van der Waals surface area contributed by atoms with Crippen LogP contribution in [0.4, 0.5) is 0 Å². The molecule has 0 aromatic rings. The lowest BCUT2D eigenvalue weighted by molar-refractivity contribution is -0.161. The summed E-state index contributed by atoms with van der Waals surface area (Å²) in [6, 6.07) is 0. The molecular formula is C39H71O10P. The number of phosphoric ester groups is 1. The molecule has 0 aromatic carbocycles. The van der Waals surface area contributed by atoms with Gasteiger partial charge in [-0.3, -0.25) is 18.6 Å². The summed E-state index contributed by atoms with van der Waals surface area (Å²) in [6.07, 6.45) is 34.0. The van der Waals surface area contributed by atoms with Crippen molar-refractivity contribution < 1.29 is 47.8 Å². The first-order valence-electron chi connectivity index (χ1n) is 19.5. The fourth-order valence-electron chi connectivity index (χ4n) is 4.98. The van der Waals surface area contributed by atoms with Crippen LogP contribution in [0.15, 0.2) is 36.5 Å². The average molecular weight is 731 g/mol. The average Bonchev–Trinajstić information content (AvgIpc) is 3.10. The van der Waals surface area contributed by atoms with E-state index in [1.54, 1.807) is 0 Å². The quantitative estimate of drug-likeness (QED) is 0.0187. The Morgan fingerprint density at radius 1 is 0.600 bits per heavy atom. The second-order valence-electron chi connectivity index (χ2n) is 13.0. The van der Waals surface area contributed by atoms with Crippen LogP contribution in [0.1, 0.15) is 162 Å². The topological polar surface area (TPSA) is 149 Å². The number of ether oxygens (including phenoxy) is 2. The lowest BCUT2D eigenvalue weighted by Gasteiger charge is -2.20. The zero-order valence-corrected chi connectivity index (χ0v) is 32.3. The van der Waals surface area contributed by atoms with Gasteiger partial charge >= 0.3 is 19.8 Å². The second-order valence-corrected chi connectivity index (χ2v) is 14.4. The summed E-state index contributed by atoms with van der Waals surface area (Å²) >= 11 is 0. The number of rotatable bonds is 36. The standard InChI is InChI=1S/C39H71O10P/c1-3-5-7-9-11-13-15-17-18-19-21-23-25-27-29-31-39(43)49-37(35-48-50(44,45)47-33-36(41)32-40)34-46-38(42)30-28-26-24-22-20-16-14-12-10-8-6-4-2/h12-15,17-18,36-37,40-41H,3-11,16,19-35H2,1-2H3,(H,44,45)/b14-12+,15-13+,18-17+/t36-,37+/m0/s1. The Balaban J connectivity index is 4.41. The molecule has 50 heavy (non-hydrogen) atoms. The molecule has 0 heterocycles.